The van der Waals surface area contributed by atoms with Gasteiger partial charge in [0.25, 0.3) is 5.91 Å². The molecule has 2 heterocycles. The number of hydrogen-bond acceptors (Lipinski definition) is 8. The SMILES string of the molecule is O=C(NC[C@H](NS(=O)(=O)c1ccccc1)C(=O)O)c1ccc(N2CCCCC2NC2=NCCCN2)cc1Cl. The maximum absolute atomic E-state index is 12.8. The van der Waals surface area contributed by atoms with Gasteiger partial charge in [-0.15, -0.1) is 0 Å². The molecule has 0 saturated carbocycles. The summed E-state index contributed by atoms with van der Waals surface area (Å²) in [5.74, 6) is -1.25. The number of carbonyl (C=O) groups is 2. The second-order valence-electron chi connectivity index (χ2n) is 9.06. The summed E-state index contributed by atoms with van der Waals surface area (Å²) in [7, 11) is -4.09. The number of nitrogens with one attached hydrogen (secondary N) is 4. The van der Waals surface area contributed by atoms with Crippen LogP contribution >= 0.6 is 11.6 Å². The van der Waals surface area contributed by atoms with Gasteiger partial charge in [0, 0.05) is 31.9 Å². The number of carboxylic acid groups (broad SMARTS) is 1. The van der Waals surface area contributed by atoms with E-state index in [1.54, 1.807) is 24.3 Å². The molecule has 0 aromatic heterocycles. The van der Waals surface area contributed by atoms with Crippen LogP contribution in [0.2, 0.25) is 5.02 Å². The average Bonchev–Trinajstić information content (AvgIpc) is 2.92. The zero-order valence-electron chi connectivity index (χ0n) is 20.7. The predicted octanol–water partition coefficient (Wildman–Crippen LogP) is 1.76. The van der Waals surface area contributed by atoms with Crippen LogP contribution in [0.4, 0.5) is 5.69 Å². The molecule has 5 N–H and O–H groups in total. The second kappa shape index (κ2) is 12.5. The van der Waals surface area contributed by atoms with E-state index in [1.165, 1.54) is 24.3 Å². The van der Waals surface area contributed by atoms with Gasteiger partial charge in [-0.1, -0.05) is 29.8 Å². The Labute approximate surface area is 226 Å². The van der Waals surface area contributed by atoms with E-state index in [-0.39, 0.29) is 21.6 Å². The molecule has 0 radical (unpaired) electrons. The molecule has 1 fully saturated rings. The number of sulfonamides is 1. The van der Waals surface area contributed by atoms with E-state index >= 15 is 0 Å². The fourth-order valence-electron chi connectivity index (χ4n) is 4.37. The maximum Gasteiger partial charge on any atom is 0.323 e. The summed E-state index contributed by atoms with van der Waals surface area (Å²) in [4.78, 5) is 31.1. The summed E-state index contributed by atoms with van der Waals surface area (Å²) in [5.41, 5.74) is 1.00. The van der Waals surface area contributed by atoms with Crippen LogP contribution in [0.25, 0.3) is 0 Å². The van der Waals surface area contributed by atoms with Crippen LogP contribution in [0.15, 0.2) is 58.4 Å². The third kappa shape index (κ3) is 6.94. The van der Waals surface area contributed by atoms with Gasteiger partial charge in [-0.3, -0.25) is 14.6 Å². The number of benzene rings is 2. The standard InChI is InChI=1S/C25H31ClN6O5S/c26-20-15-17(32-14-5-4-9-22(32)30-25-27-12-6-13-28-25)10-11-19(20)23(33)29-16-21(24(34)35)31-38(36,37)18-7-2-1-3-8-18/h1-3,7-8,10-11,15,21-22,31H,4-6,9,12-14,16H2,(H,29,33)(H,34,35)(H2,27,28,30)/t21-,22?/m0/s1. The van der Waals surface area contributed by atoms with E-state index in [1.807, 2.05) is 0 Å². The number of piperidine rings is 1. The van der Waals surface area contributed by atoms with E-state index in [2.05, 4.69) is 30.6 Å². The number of carboxylic acids is 1. The highest BCUT2D eigenvalue weighted by molar-refractivity contribution is 7.89. The number of aliphatic imine (C=N–C) groups is 1. The van der Waals surface area contributed by atoms with E-state index in [9.17, 15) is 23.1 Å². The summed E-state index contributed by atoms with van der Waals surface area (Å²) >= 11 is 6.48. The smallest absolute Gasteiger partial charge is 0.323 e. The molecule has 204 valence electrons. The summed E-state index contributed by atoms with van der Waals surface area (Å²) in [6.45, 7) is 2.01. The van der Waals surface area contributed by atoms with E-state index in [4.69, 9.17) is 11.6 Å². The summed E-state index contributed by atoms with van der Waals surface area (Å²) < 4.78 is 27.2. The van der Waals surface area contributed by atoms with Gasteiger partial charge >= 0.3 is 5.97 Å². The molecule has 0 aliphatic carbocycles. The first-order valence-corrected chi connectivity index (χ1v) is 14.3. The molecule has 11 nitrogen and oxygen atoms in total. The molecule has 2 aliphatic heterocycles. The Morgan fingerprint density at radius 2 is 1.95 bits per heavy atom. The molecular formula is C25H31ClN6O5S. The average molecular weight is 563 g/mol. The molecule has 0 spiro atoms. The topological polar surface area (TPSA) is 152 Å². The van der Waals surface area contributed by atoms with Crippen molar-refractivity contribution in [3.8, 4) is 0 Å². The lowest BCUT2D eigenvalue weighted by molar-refractivity contribution is -0.138. The molecule has 2 aromatic carbocycles. The van der Waals surface area contributed by atoms with E-state index in [0.29, 0.717) is 0 Å². The first kappa shape index (κ1) is 27.7. The third-order valence-corrected chi connectivity index (χ3v) is 8.15. The predicted molar refractivity (Wildman–Crippen MR) is 145 cm³/mol. The minimum absolute atomic E-state index is 0.0257. The van der Waals surface area contributed by atoms with Crippen LogP contribution in [0.1, 0.15) is 36.0 Å². The highest BCUT2D eigenvalue weighted by atomic mass is 35.5. The largest absolute Gasteiger partial charge is 0.480 e. The highest BCUT2D eigenvalue weighted by Crippen LogP contribution is 2.28. The zero-order chi connectivity index (χ0) is 27.1. The number of halogens is 1. The number of nitrogens with zero attached hydrogens (tertiary/aromatic N) is 2. The molecule has 1 amide bonds. The van der Waals surface area contributed by atoms with Gasteiger partial charge in [0.05, 0.1) is 15.5 Å². The normalized spacial score (nSPS) is 18.6. The number of carbonyl (C=O) groups excluding carboxylic acids is 1. The zero-order valence-corrected chi connectivity index (χ0v) is 22.3. The van der Waals surface area contributed by atoms with E-state index in [0.717, 1.165) is 57.0 Å². The van der Waals surface area contributed by atoms with Crippen LogP contribution in [0.3, 0.4) is 0 Å². The Kier molecular flexibility index (Phi) is 9.08. The molecule has 1 unspecified atom stereocenters. The van der Waals surface area contributed by atoms with Gasteiger partial charge in [0.1, 0.15) is 12.2 Å². The third-order valence-electron chi connectivity index (χ3n) is 6.35. The van der Waals surface area contributed by atoms with Gasteiger partial charge in [0.2, 0.25) is 10.0 Å². The molecule has 38 heavy (non-hydrogen) atoms. The molecule has 13 heteroatoms. The van der Waals surface area contributed by atoms with Crippen molar-refractivity contribution in [1.29, 1.82) is 0 Å². The van der Waals surface area contributed by atoms with Crippen LogP contribution in [-0.2, 0) is 14.8 Å². The Morgan fingerprint density at radius 3 is 2.63 bits per heavy atom. The molecule has 2 atom stereocenters. The monoisotopic (exact) mass is 562 g/mol. The maximum atomic E-state index is 12.8. The molecule has 4 rings (SSSR count). The Balaban J connectivity index is 1.41. The summed E-state index contributed by atoms with van der Waals surface area (Å²) in [6.07, 6.45) is 4.06. The molecule has 2 aromatic rings. The van der Waals surface area contributed by atoms with Gasteiger partial charge < -0.3 is 26.0 Å². The van der Waals surface area contributed by atoms with Crippen LogP contribution < -0.4 is 25.6 Å². The van der Waals surface area contributed by atoms with Crippen molar-refractivity contribution in [3.63, 3.8) is 0 Å². The van der Waals surface area contributed by atoms with Crippen LogP contribution in [0.5, 0.6) is 0 Å². The van der Waals surface area contributed by atoms with Gasteiger partial charge in [-0.25, -0.2) is 8.42 Å². The lowest BCUT2D eigenvalue weighted by Gasteiger charge is -2.39. The van der Waals surface area contributed by atoms with Crippen LogP contribution in [0, 0.1) is 0 Å². The Hall–Kier alpha value is -3.35. The van der Waals surface area contributed by atoms with Crippen molar-refractivity contribution in [2.24, 2.45) is 4.99 Å². The number of amides is 1. The Morgan fingerprint density at radius 1 is 1.16 bits per heavy atom. The number of rotatable bonds is 9. The minimum Gasteiger partial charge on any atom is -0.480 e. The molecular weight excluding hydrogens is 532 g/mol. The first-order valence-electron chi connectivity index (χ1n) is 12.4. The van der Waals surface area contributed by atoms with Crippen molar-refractivity contribution in [2.75, 3.05) is 31.1 Å². The van der Waals surface area contributed by atoms with Crippen LogP contribution in [-0.4, -0.2) is 69.7 Å². The second-order valence-corrected chi connectivity index (χ2v) is 11.2. The van der Waals surface area contributed by atoms with Gasteiger partial charge in [-0.05, 0) is 56.0 Å². The Bertz CT molecular complexity index is 1290. The van der Waals surface area contributed by atoms with Crippen molar-refractivity contribution >= 4 is 45.1 Å². The first-order chi connectivity index (χ1) is 18.2. The van der Waals surface area contributed by atoms with Crippen molar-refractivity contribution in [3.05, 3.63) is 59.1 Å². The molecule has 0 bridgehead atoms. The lowest BCUT2D eigenvalue weighted by atomic mass is 10.1. The van der Waals surface area contributed by atoms with Crippen molar-refractivity contribution in [1.82, 2.24) is 20.7 Å². The molecule has 2 aliphatic rings. The van der Waals surface area contributed by atoms with Crippen molar-refractivity contribution < 1.29 is 23.1 Å². The van der Waals surface area contributed by atoms with E-state index < -0.39 is 34.5 Å². The lowest BCUT2D eigenvalue weighted by Crippen LogP contribution is -2.55. The minimum atomic E-state index is -4.09. The van der Waals surface area contributed by atoms with Crippen molar-refractivity contribution in [2.45, 2.75) is 42.8 Å². The quantitative estimate of drug-likeness (QED) is 0.310. The van der Waals surface area contributed by atoms with Gasteiger partial charge in [0.15, 0.2) is 5.96 Å². The summed E-state index contributed by atoms with van der Waals surface area (Å²) in [5, 5.41) is 18.9. The number of anilines is 1. The number of guanidine groups is 1. The highest BCUT2D eigenvalue weighted by Gasteiger charge is 2.27. The number of hydrogen-bond donors (Lipinski definition) is 5. The summed E-state index contributed by atoms with van der Waals surface area (Å²) in [6, 6.07) is 10.9. The fourth-order valence-corrected chi connectivity index (χ4v) is 5.84. The molecule has 1 saturated heterocycles. The number of aliphatic carboxylic acids is 1. The van der Waals surface area contributed by atoms with Gasteiger partial charge in [-0.2, -0.15) is 4.72 Å². The fraction of sp³-hybridized carbons (Fsp3) is 0.400.